The Morgan fingerprint density at radius 2 is 2.37 bits per heavy atom. The summed E-state index contributed by atoms with van der Waals surface area (Å²) in [5.74, 6) is 3.64. The van der Waals surface area contributed by atoms with Gasteiger partial charge in [-0.05, 0) is 30.4 Å². The second kappa shape index (κ2) is 5.61. The first-order chi connectivity index (χ1) is 9.28. The molecule has 98 valence electrons. The van der Waals surface area contributed by atoms with Crippen molar-refractivity contribution in [2.75, 3.05) is 17.3 Å². The third kappa shape index (κ3) is 2.69. The van der Waals surface area contributed by atoms with E-state index in [0.29, 0.717) is 10.8 Å². The van der Waals surface area contributed by atoms with Crippen LogP contribution in [0, 0.1) is 16.1 Å². The first kappa shape index (κ1) is 13.1. The molecule has 19 heavy (non-hydrogen) atoms. The Morgan fingerprint density at radius 1 is 1.47 bits per heavy atom. The van der Waals surface area contributed by atoms with Crippen LogP contribution in [0.4, 0.5) is 0 Å². The minimum atomic E-state index is 0.607. The van der Waals surface area contributed by atoms with Crippen LogP contribution in [0.5, 0.6) is 0 Å². The van der Waals surface area contributed by atoms with Gasteiger partial charge in [0.15, 0.2) is 4.77 Å². The van der Waals surface area contributed by atoms with Crippen molar-refractivity contribution in [2.24, 2.45) is 0 Å². The van der Waals surface area contributed by atoms with Gasteiger partial charge in [0, 0.05) is 29.1 Å². The molecule has 1 unspecified atom stereocenters. The quantitative estimate of drug-likeness (QED) is 0.864. The van der Waals surface area contributed by atoms with Crippen molar-refractivity contribution in [1.29, 1.82) is 5.26 Å². The molecule has 6 heteroatoms. The molecule has 0 amide bonds. The third-order valence-corrected chi connectivity index (χ3v) is 6.33. The van der Waals surface area contributed by atoms with E-state index in [2.05, 4.69) is 15.6 Å². The Kier molecular flexibility index (Phi) is 3.87. The number of imidazole rings is 1. The van der Waals surface area contributed by atoms with Gasteiger partial charge in [-0.25, -0.2) is 0 Å². The normalized spacial score (nSPS) is 19.4. The summed E-state index contributed by atoms with van der Waals surface area (Å²) in [5.41, 5.74) is 2.73. The van der Waals surface area contributed by atoms with Crippen molar-refractivity contribution >= 4 is 46.8 Å². The van der Waals surface area contributed by atoms with Crippen molar-refractivity contribution in [1.82, 2.24) is 9.55 Å². The SMILES string of the molecule is N#Cc1ccc2[nH]c(=S)n(CC3CSCCS3)c2c1. The number of nitrogens with one attached hydrogen (secondary N) is 1. The second-order valence-corrected chi connectivity index (χ2v) is 7.40. The highest BCUT2D eigenvalue weighted by atomic mass is 32.2. The number of fused-ring (bicyclic) bond motifs is 1. The van der Waals surface area contributed by atoms with Gasteiger partial charge in [0.1, 0.15) is 0 Å². The van der Waals surface area contributed by atoms with Crippen LogP contribution in [0.25, 0.3) is 11.0 Å². The average molecular weight is 307 g/mol. The van der Waals surface area contributed by atoms with Gasteiger partial charge < -0.3 is 9.55 Å². The highest BCUT2D eigenvalue weighted by Crippen LogP contribution is 2.27. The summed E-state index contributed by atoms with van der Waals surface area (Å²) >= 11 is 9.44. The van der Waals surface area contributed by atoms with Crippen LogP contribution in [0.2, 0.25) is 0 Å². The van der Waals surface area contributed by atoms with Crippen LogP contribution in [-0.4, -0.2) is 32.1 Å². The fourth-order valence-electron chi connectivity index (χ4n) is 2.25. The Hall–Kier alpha value is -0.900. The Bertz CT molecular complexity index is 689. The minimum Gasteiger partial charge on any atom is -0.331 e. The minimum absolute atomic E-state index is 0.607. The van der Waals surface area contributed by atoms with E-state index in [1.165, 1.54) is 17.3 Å². The largest absolute Gasteiger partial charge is 0.331 e. The van der Waals surface area contributed by atoms with E-state index in [4.69, 9.17) is 17.5 Å². The van der Waals surface area contributed by atoms with E-state index >= 15 is 0 Å². The molecule has 1 fully saturated rings. The maximum atomic E-state index is 9.01. The van der Waals surface area contributed by atoms with Crippen LogP contribution < -0.4 is 0 Å². The maximum absolute atomic E-state index is 9.01. The van der Waals surface area contributed by atoms with Gasteiger partial charge in [-0.3, -0.25) is 0 Å². The average Bonchev–Trinajstić information content (AvgIpc) is 2.76. The maximum Gasteiger partial charge on any atom is 0.178 e. The van der Waals surface area contributed by atoms with Crippen molar-refractivity contribution < 1.29 is 0 Å². The zero-order chi connectivity index (χ0) is 13.2. The number of H-pyrrole nitrogens is 1. The molecule has 0 bridgehead atoms. The molecule has 1 N–H and O–H groups in total. The van der Waals surface area contributed by atoms with Gasteiger partial charge in [-0.15, -0.1) is 0 Å². The summed E-state index contributed by atoms with van der Waals surface area (Å²) in [4.78, 5) is 3.22. The number of aromatic nitrogens is 2. The lowest BCUT2D eigenvalue weighted by Crippen LogP contribution is -2.20. The summed E-state index contributed by atoms with van der Waals surface area (Å²) < 4.78 is 2.89. The molecule has 0 aliphatic carbocycles. The first-order valence-corrected chi connectivity index (χ1v) is 8.71. The molecule has 0 saturated carbocycles. The van der Waals surface area contributed by atoms with E-state index in [1.54, 1.807) is 0 Å². The van der Waals surface area contributed by atoms with Crippen LogP contribution in [0.3, 0.4) is 0 Å². The molecular weight excluding hydrogens is 294 g/mol. The summed E-state index contributed by atoms with van der Waals surface area (Å²) in [6, 6.07) is 7.86. The number of benzene rings is 1. The van der Waals surface area contributed by atoms with E-state index < -0.39 is 0 Å². The Balaban J connectivity index is 1.99. The lowest BCUT2D eigenvalue weighted by molar-refractivity contribution is 0.705. The number of rotatable bonds is 2. The number of aromatic amines is 1. The molecule has 1 atom stereocenters. The third-order valence-electron chi connectivity index (χ3n) is 3.18. The van der Waals surface area contributed by atoms with Crippen LogP contribution in [0.1, 0.15) is 5.56 Å². The number of nitrogens with zero attached hydrogens (tertiary/aromatic N) is 2. The molecule has 2 aromatic rings. The van der Waals surface area contributed by atoms with Gasteiger partial charge in [0.05, 0.1) is 22.7 Å². The van der Waals surface area contributed by atoms with Crippen molar-refractivity contribution in [2.45, 2.75) is 11.8 Å². The van der Waals surface area contributed by atoms with Crippen molar-refractivity contribution in [3.63, 3.8) is 0 Å². The summed E-state index contributed by atoms with van der Waals surface area (Å²) in [7, 11) is 0. The van der Waals surface area contributed by atoms with Crippen molar-refractivity contribution in [3.8, 4) is 6.07 Å². The predicted octanol–water partition coefficient (Wildman–Crippen LogP) is 3.42. The number of hydrogen-bond donors (Lipinski definition) is 1. The van der Waals surface area contributed by atoms with Gasteiger partial charge in [-0.1, -0.05) is 0 Å². The highest BCUT2D eigenvalue weighted by Gasteiger charge is 2.16. The van der Waals surface area contributed by atoms with E-state index in [9.17, 15) is 0 Å². The molecule has 1 aromatic heterocycles. The van der Waals surface area contributed by atoms with E-state index in [0.717, 1.165) is 22.3 Å². The standard InChI is InChI=1S/C13H13N3S3/c14-6-9-1-2-11-12(5-9)16(13(17)15-11)7-10-8-18-3-4-19-10/h1-2,5,10H,3-4,7-8H2,(H,15,17). The molecule has 0 spiro atoms. The monoisotopic (exact) mass is 307 g/mol. The van der Waals surface area contributed by atoms with Crippen LogP contribution >= 0.6 is 35.7 Å². The fraction of sp³-hybridized carbons (Fsp3) is 0.385. The van der Waals surface area contributed by atoms with Gasteiger partial charge in [0.2, 0.25) is 0 Å². The van der Waals surface area contributed by atoms with Gasteiger partial charge in [-0.2, -0.15) is 28.8 Å². The first-order valence-electron chi connectivity index (χ1n) is 6.10. The molecule has 3 nitrogen and oxygen atoms in total. The molecule has 1 saturated heterocycles. The zero-order valence-corrected chi connectivity index (χ0v) is 12.7. The topological polar surface area (TPSA) is 44.5 Å². The van der Waals surface area contributed by atoms with E-state index in [1.807, 2.05) is 41.7 Å². The molecule has 1 aromatic carbocycles. The zero-order valence-electron chi connectivity index (χ0n) is 10.3. The molecule has 0 radical (unpaired) electrons. The van der Waals surface area contributed by atoms with Gasteiger partial charge in [0.25, 0.3) is 0 Å². The lowest BCUT2D eigenvalue weighted by Gasteiger charge is -2.21. The summed E-state index contributed by atoms with van der Waals surface area (Å²) in [5, 5.41) is 9.62. The lowest BCUT2D eigenvalue weighted by atomic mass is 10.2. The fourth-order valence-corrected chi connectivity index (χ4v) is 5.18. The predicted molar refractivity (Wildman–Crippen MR) is 85.4 cm³/mol. The molecule has 1 aliphatic heterocycles. The Labute approximate surface area is 125 Å². The number of hydrogen-bond acceptors (Lipinski definition) is 4. The second-order valence-electron chi connectivity index (χ2n) is 4.45. The summed E-state index contributed by atoms with van der Waals surface area (Å²) in [6.45, 7) is 0.922. The number of thioether (sulfide) groups is 2. The molecule has 3 rings (SSSR count). The van der Waals surface area contributed by atoms with Gasteiger partial charge >= 0.3 is 0 Å². The molecule has 1 aliphatic rings. The van der Waals surface area contributed by atoms with Crippen molar-refractivity contribution in [3.05, 3.63) is 28.5 Å². The summed E-state index contributed by atoms with van der Waals surface area (Å²) in [6.07, 6.45) is 0. The smallest absolute Gasteiger partial charge is 0.178 e. The number of nitriles is 1. The van der Waals surface area contributed by atoms with Crippen LogP contribution in [0.15, 0.2) is 18.2 Å². The molecular formula is C13H13N3S3. The Morgan fingerprint density at radius 3 is 3.11 bits per heavy atom. The molecule has 2 heterocycles. The van der Waals surface area contributed by atoms with E-state index in [-0.39, 0.29) is 0 Å². The van der Waals surface area contributed by atoms with Crippen LogP contribution in [-0.2, 0) is 6.54 Å². The highest BCUT2D eigenvalue weighted by molar-refractivity contribution is 8.06.